The van der Waals surface area contributed by atoms with Crippen LogP contribution in [0.2, 0.25) is 0 Å². The number of phenolic OH excluding ortho intramolecular Hbond substituents is 1. The van der Waals surface area contributed by atoms with Gasteiger partial charge < -0.3 is 5.11 Å². The molecule has 0 heterocycles. The monoisotopic (exact) mass is 400 g/mol. The standard InChI is InChI=1S/C18H16N4O5S/c1-10-8-17(28(19,26)27)11(2)7-14(10)20-21-15-9-16(22(24)25)12-5-3-4-6-13(12)18(15)23/h3-9,23H,1-2H3,(H2,19,26,27)/b21-20+. The molecule has 28 heavy (non-hydrogen) atoms. The van der Waals surface area contributed by atoms with E-state index in [4.69, 9.17) is 5.14 Å². The highest BCUT2D eigenvalue weighted by molar-refractivity contribution is 7.89. The highest BCUT2D eigenvalue weighted by Crippen LogP contribution is 2.41. The van der Waals surface area contributed by atoms with Crippen LogP contribution in [-0.2, 0) is 10.0 Å². The molecular formula is C18H16N4O5S. The highest BCUT2D eigenvalue weighted by atomic mass is 32.2. The lowest BCUT2D eigenvalue weighted by atomic mass is 10.1. The number of benzene rings is 3. The van der Waals surface area contributed by atoms with Crippen molar-refractivity contribution in [3.05, 3.63) is 63.7 Å². The largest absolute Gasteiger partial charge is 0.505 e. The summed E-state index contributed by atoms with van der Waals surface area (Å²) >= 11 is 0. The molecule has 0 radical (unpaired) electrons. The van der Waals surface area contributed by atoms with Gasteiger partial charge in [-0.3, -0.25) is 10.1 Å². The van der Waals surface area contributed by atoms with Gasteiger partial charge in [-0.15, -0.1) is 5.11 Å². The van der Waals surface area contributed by atoms with Gasteiger partial charge in [0.25, 0.3) is 5.69 Å². The van der Waals surface area contributed by atoms with Crippen molar-refractivity contribution in [2.75, 3.05) is 0 Å². The zero-order chi connectivity index (χ0) is 20.6. The molecule has 10 heteroatoms. The third kappa shape index (κ3) is 3.55. The maximum Gasteiger partial charge on any atom is 0.279 e. The summed E-state index contributed by atoms with van der Waals surface area (Å²) in [6, 6.07) is 10.4. The van der Waals surface area contributed by atoms with E-state index in [1.54, 1.807) is 32.0 Å². The molecule has 3 aromatic rings. The smallest absolute Gasteiger partial charge is 0.279 e. The molecule has 9 nitrogen and oxygen atoms in total. The number of rotatable bonds is 4. The Hall–Kier alpha value is -3.37. The van der Waals surface area contributed by atoms with E-state index in [-0.39, 0.29) is 32.8 Å². The Kier molecular flexibility index (Phi) is 4.84. The summed E-state index contributed by atoms with van der Waals surface area (Å²) in [5, 5.41) is 35.5. The molecule has 0 saturated carbocycles. The van der Waals surface area contributed by atoms with Crippen LogP contribution in [0.5, 0.6) is 5.75 Å². The SMILES string of the molecule is Cc1cc(S(N)(=O)=O)c(C)cc1/N=N/c1cc([N+](=O)[O-])c2ccccc2c1O. The maximum atomic E-state index is 11.6. The second kappa shape index (κ2) is 6.98. The molecule has 0 aliphatic carbocycles. The van der Waals surface area contributed by atoms with Crippen LogP contribution in [-0.4, -0.2) is 18.4 Å². The number of azo groups is 1. The Morgan fingerprint density at radius 2 is 1.61 bits per heavy atom. The number of primary sulfonamides is 1. The van der Waals surface area contributed by atoms with Gasteiger partial charge in [-0.1, -0.05) is 18.2 Å². The Labute approximate surface area is 160 Å². The normalized spacial score (nSPS) is 12.0. The number of nitrogens with zero attached hydrogens (tertiary/aromatic N) is 3. The third-order valence-electron chi connectivity index (χ3n) is 4.24. The lowest BCUT2D eigenvalue weighted by Crippen LogP contribution is -2.13. The number of sulfonamides is 1. The molecule has 0 bridgehead atoms. The van der Waals surface area contributed by atoms with Crippen LogP contribution in [0.3, 0.4) is 0 Å². The second-order valence-electron chi connectivity index (χ2n) is 6.22. The van der Waals surface area contributed by atoms with Gasteiger partial charge in [0.1, 0.15) is 5.69 Å². The van der Waals surface area contributed by atoms with E-state index in [9.17, 15) is 23.6 Å². The minimum Gasteiger partial charge on any atom is -0.505 e. The predicted molar refractivity (Wildman–Crippen MR) is 104 cm³/mol. The Bertz CT molecular complexity index is 1250. The van der Waals surface area contributed by atoms with Crippen LogP contribution in [0.25, 0.3) is 10.8 Å². The van der Waals surface area contributed by atoms with Crippen molar-refractivity contribution in [3.8, 4) is 5.75 Å². The fourth-order valence-corrected chi connectivity index (χ4v) is 3.70. The number of phenols is 1. The summed E-state index contributed by atoms with van der Waals surface area (Å²) in [5.41, 5.74) is 0.946. The Morgan fingerprint density at radius 1 is 1.00 bits per heavy atom. The van der Waals surface area contributed by atoms with Gasteiger partial charge in [-0.25, -0.2) is 13.6 Å². The summed E-state index contributed by atoms with van der Waals surface area (Å²) in [6.07, 6.45) is 0. The van der Waals surface area contributed by atoms with Crippen molar-refractivity contribution in [2.45, 2.75) is 18.7 Å². The number of nitro groups is 1. The number of hydrogen-bond acceptors (Lipinski definition) is 7. The molecule has 3 aromatic carbocycles. The van der Waals surface area contributed by atoms with Crippen LogP contribution in [0.15, 0.2) is 57.6 Å². The Balaban J connectivity index is 2.13. The van der Waals surface area contributed by atoms with E-state index in [1.165, 1.54) is 18.2 Å². The summed E-state index contributed by atoms with van der Waals surface area (Å²) < 4.78 is 23.2. The minimum absolute atomic E-state index is 0.0202. The summed E-state index contributed by atoms with van der Waals surface area (Å²) in [5.74, 6) is -0.236. The molecule has 0 aliphatic rings. The van der Waals surface area contributed by atoms with Crippen molar-refractivity contribution in [2.24, 2.45) is 15.4 Å². The van der Waals surface area contributed by atoms with E-state index in [2.05, 4.69) is 10.2 Å². The van der Waals surface area contributed by atoms with Crippen molar-refractivity contribution >= 4 is 37.9 Å². The van der Waals surface area contributed by atoms with E-state index in [0.29, 0.717) is 16.8 Å². The van der Waals surface area contributed by atoms with Crippen LogP contribution in [0.1, 0.15) is 11.1 Å². The van der Waals surface area contributed by atoms with E-state index >= 15 is 0 Å². The van der Waals surface area contributed by atoms with Gasteiger partial charge in [0, 0.05) is 11.5 Å². The number of fused-ring (bicyclic) bond motifs is 1. The van der Waals surface area contributed by atoms with Crippen LogP contribution >= 0.6 is 0 Å². The lowest BCUT2D eigenvalue weighted by Gasteiger charge is -2.08. The zero-order valence-corrected chi connectivity index (χ0v) is 15.8. The molecule has 3 rings (SSSR count). The minimum atomic E-state index is -3.87. The molecule has 3 N–H and O–H groups in total. The molecule has 0 atom stereocenters. The lowest BCUT2D eigenvalue weighted by molar-refractivity contribution is -0.383. The van der Waals surface area contributed by atoms with Crippen LogP contribution in [0, 0.1) is 24.0 Å². The van der Waals surface area contributed by atoms with Crippen molar-refractivity contribution in [1.29, 1.82) is 0 Å². The molecular weight excluding hydrogens is 384 g/mol. The average molecular weight is 400 g/mol. The Morgan fingerprint density at radius 3 is 2.21 bits per heavy atom. The van der Waals surface area contributed by atoms with E-state index < -0.39 is 14.9 Å². The van der Waals surface area contributed by atoms with Crippen LogP contribution in [0.4, 0.5) is 17.1 Å². The number of aromatic hydroxyl groups is 1. The summed E-state index contributed by atoms with van der Waals surface area (Å²) in [6.45, 7) is 3.20. The van der Waals surface area contributed by atoms with Gasteiger partial charge in [-0.05, 0) is 43.2 Å². The number of aryl methyl sites for hydroxylation is 2. The van der Waals surface area contributed by atoms with Gasteiger partial charge >= 0.3 is 0 Å². The molecule has 0 amide bonds. The zero-order valence-electron chi connectivity index (χ0n) is 14.9. The quantitative estimate of drug-likeness (QED) is 0.383. The first-order valence-corrected chi connectivity index (χ1v) is 9.59. The van der Waals surface area contributed by atoms with Crippen molar-refractivity contribution in [3.63, 3.8) is 0 Å². The van der Waals surface area contributed by atoms with Gasteiger partial charge in [0.05, 0.1) is 20.9 Å². The van der Waals surface area contributed by atoms with E-state index in [1.807, 2.05) is 0 Å². The topological polar surface area (TPSA) is 148 Å². The van der Waals surface area contributed by atoms with Crippen LogP contribution < -0.4 is 5.14 Å². The molecule has 0 aromatic heterocycles. The summed E-state index contributed by atoms with van der Waals surface area (Å²) in [7, 11) is -3.87. The number of non-ortho nitro benzene ring substituents is 1. The first-order chi connectivity index (χ1) is 13.1. The number of nitro benzene ring substituents is 1. The predicted octanol–water partition coefficient (Wildman–Crippen LogP) is 4.13. The second-order valence-corrected chi connectivity index (χ2v) is 7.75. The molecule has 0 saturated heterocycles. The number of hydrogen-bond donors (Lipinski definition) is 2. The highest BCUT2D eigenvalue weighted by Gasteiger charge is 2.19. The molecule has 0 spiro atoms. The average Bonchev–Trinajstić information content (AvgIpc) is 2.62. The molecule has 0 aliphatic heterocycles. The molecule has 0 unspecified atom stereocenters. The van der Waals surface area contributed by atoms with E-state index in [0.717, 1.165) is 6.07 Å². The molecule has 0 fully saturated rings. The number of nitrogens with two attached hydrogens (primary N) is 1. The van der Waals surface area contributed by atoms with Crippen molar-refractivity contribution in [1.82, 2.24) is 0 Å². The van der Waals surface area contributed by atoms with Gasteiger partial charge in [0.2, 0.25) is 10.0 Å². The first-order valence-electron chi connectivity index (χ1n) is 8.04. The fourth-order valence-electron chi connectivity index (χ4n) is 2.85. The first kappa shape index (κ1) is 19.4. The fraction of sp³-hybridized carbons (Fsp3) is 0.111. The maximum absolute atomic E-state index is 11.6. The van der Waals surface area contributed by atoms with Gasteiger partial charge in [-0.2, -0.15) is 5.11 Å². The van der Waals surface area contributed by atoms with Gasteiger partial charge in [0.15, 0.2) is 5.75 Å². The molecule has 144 valence electrons. The third-order valence-corrected chi connectivity index (χ3v) is 5.29. The van der Waals surface area contributed by atoms with Crippen molar-refractivity contribution < 1.29 is 18.4 Å². The summed E-state index contributed by atoms with van der Waals surface area (Å²) in [4.78, 5) is 10.8.